The predicted molar refractivity (Wildman–Crippen MR) is 358 cm³/mol. The predicted octanol–water partition coefficient (Wildman–Crippen LogP) is 25.7. The highest BCUT2D eigenvalue weighted by Gasteiger charge is 2.20. The van der Waals surface area contributed by atoms with Crippen molar-refractivity contribution in [3.05, 3.63) is 24.3 Å². The van der Waals surface area contributed by atoms with E-state index in [2.05, 4.69) is 45.1 Å². The molecule has 0 heterocycles. The first-order valence-electron chi connectivity index (χ1n) is 37.3. The van der Waals surface area contributed by atoms with Crippen molar-refractivity contribution < 1.29 is 28.6 Å². The molecule has 0 aliphatic carbocycles. The van der Waals surface area contributed by atoms with Gasteiger partial charge in [-0.25, -0.2) is 0 Å². The monoisotopic (exact) mass is 1150 g/mol. The number of unbranched alkanes of at least 4 members (excludes halogenated alkanes) is 55. The molecule has 82 heavy (non-hydrogen) atoms. The minimum atomic E-state index is -0.768. The lowest BCUT2D eigenvalue weighted by Gasteiger charge is -2.18. The van der Waals surface area contributed by atoms with Crippen LogP contribution in [0, 0.1) is 0 Å². The standard InChI is InChI=1S/C76H144O6/c1-4-7-10-13-16-19-22-25-28-31-33-35-36-37-38-39-40-42-43-45-48-51-54-57-60-63-66-69-75(78)81-72-73(71-80-74(77)68-65-62-59-56-53-50-47-30-27-24-21-18-15-12-9-6-3)82-76(79)70-67-64-61-58-55-52-49-46-44-41-34-32-29-26-23-20-17-14-11-8-5-2/h22,25,31,33,73H,4-21,23-24,26-30,32,34-72H2,1-3H3/b25-22-,33-31-. The molecule has 0 saturated carbocycles. The van der Waals surface area contributed by atoms with Gasteiger partial charge >= 0.3 is 17.9 Å². The number of hydrogen-bond acceptors (Lipinski definition) is 6. The molecule has 0 N–H and O–H groups in total. The molecule has 0 rings (SSSR count). The third-order valence-electron chi connectivity index (χ3n) is 17.2. The van der Waals surface area contributed by atoms with E-state index in [-0.39, 0.29) is 31.1 Å². The number of esters is 3. The second-order valence-electron chi connectivity index (χ2n) is 25.6. The normalized spacial score (nSPS) is 12.1. The Balaban J connectivity index is 4.24. The summed E-state index contributed by atoms with van der Waals surface area (Å²) < 4.78 is 17.0. The SMILES string of the molecule is CCCCCCC/C=C\C/C=C\CCCCCCCCCCCCCCCCCC(=O)OCC(COC(=O)CCCCCCCCCCCCCCCCCC)OC(=O)CCCCCCCCCCCCCCCCCCCCCCC. The van der Waals surface area contributed by atoms with Gasteiger partial charge in [0.25, 0.3) is 0 Å². The van der Waals surface area contributed by atoms with Gasteiger partial charge in [0.1, 0.15) is 13.2 Å². The van der Waals surface area contributed by atoms with Gasteiger partial charge in [0.15, 0.2) is 6.10 Å². The van der Waals surface area contributed by atoms with E-state index in [1.807, 2.05) is 0 Å². The molecule has 6 heteroatoms. The third-order valence-corrected chi connectivity index (χ3v) is 17.2. The van der Waals surface area contributed by atoms with E-state index in [4.69, 9.17) is 14.2 Å². The van der Waals surface area contributed by atoms with Crippen LogP contribution in [0.2, 0.25) is 0 Å². The van der Waals surface area contributed by atoms with Gasteiger partial charge in [-0.1, -0.05) is 379 Å². The summed E-state index contributed by atoms with van der Waals surface area (Å²) in [5.41, 5.74) is 0. The van der Waals surface area contributed by atoms with Crippen molar-refractivity contribution in [2.45, 2.75) is 431 Å². The van der Waals surface area contributed by atoms with Crippen LogP contribution in [0.4, 0.5) is 0 Å². The van der Waals surface area contributed by atoms with E-state index in [0.717, 1.165) is 64.2 Å². The maximum Gasteiger partial charge on any atom is 0.306 e. The molecular weight excluding hydrogens is 1010 g/mol. The van der Waals surface area contributed by atoms with Crippen LogP contribution in [0.15, 0.2) is 24.3 Å². The summed E-state index contributed by atoms with van der Waals surface area (Å²) in [6.07, 6.45) is 87.9. The smallest absolute Gasteiger partial charge is 0.306 e. The van der Waals surface area contributed by atoms with E-state index < -0.39 is 6.10 Å². The molecule has 484 valence electrons. The molecule has 0 spiro atoms. The first kappa shape index (κ1) is 79.9. The van der Waals surface area contributed by atoms with Gasteiger partial charge in [-0.05, 0) is 51.4 Å². The van der Waals surface area contributed by atoms with E-state index in [1.165, 1.54) is 321 Å². The van der Waals surface area contributed by atoms with Crippen LogP contribution in [0.5, 0.6) is 0 Å². The molecule has 1 atom stereocenters. The summed E-state index contributed by atoms with van der Waals surface area (Å²) in [5.74, 6) is -0.825. The highest BCUT2D eigenvalue weighted by molar-refractivity contribution is 5.71. The van der Waals surface area contributed by atoms with Crippen LogP contribution in [0.25, 0.3) is 0 Å². The number of carbonyl (C=O) groups is 3. The average Bonchev–Trinajstić information content (AvgIpc) is 3.47. The summed E-state index contributed by atoms with van der Waals surface area (Å²) in [6.45, 7) is 6.73. The van der Waals surface area contributed by atoms with Crippen LogP contribution in [-0.2, 0) is 28.6 Å². The van der Waals surface area contributed by atoms with Crippen LogP contribution < -0.4 is 0 Å². The number of hydrogen-bond donors (Lipinski definition) is 0. The lowest BCUT2D eigenvalue weighted by Crippen LogP contribution is -2.30. The number of ether oxygens (including phenoxy) is 3. The summed E-state index contributed by atoms with van der Waals surface area (Å²) >= 11 is 0. The molecule has 0 aliphatic heterocycles. The Morgan fingerprint density at radius 3 is 0.671 bits per heavy atom. The molecule has 1 unspecified atom stereocenters. The zero-order valence-corrected chi connectivity index (χ0v) is 55.8. The van der Waals surface area contributed by atoms with Gasteiger partial charge in [0.2, 0.25) is 0 Å². The summed E-state index contributed by atoms with van der Waals surface area (Å²) in [4.78, 5) is 38.5. The Kier molecular flexibility index (Phi) is 69.5. The Hall–Kier alpha value is -2.11. The van der Waals surface area contributed by atoms with Crippen LogP contribution >= 0.6 is 0 Å². The van der Waals surface area contributed by atoms with Crippen LogP contribution in [-0.4, -0.2) is 37.2 Å². The Morgan fingerprint density at radius 1 is 0.244 bits per heavy atom. The number of allylic oxidation sites excluding steroid dienone is 4. The summed E-state index contributed by atoms with van der Waals surface area (Å²) in [5, 5.41) is 0. The van der Waals surface area contributed by atoms with Crippen molar-refractivity contribution in [1.82, 2.24) is 0 Å². The van der Waals surface area contributed by atoms with Gasteiger partial charge in [-0.15, -0.1) is 0 Å². The molecule has 0 aromatic carbocycles. The van der Waals surface area contributed by atoms with Crippen molar-refractivity contribution in [2.75, 3.05) is 13.2 Å². The lowest BCUT2D eigenvalue weighted by atomic mass is 10.0. The maximum absolute atomic E-state index is 13.0. The second kappa shape index (κ2) is 71.4. The van der Waals surface area contributed by atoms with E-state index in [0.29, 0.717) is 19.3 Å². The molecule has 0 bridgehead atoms. The summed E-state index contributed by atoms with van der Waals surface area (Å²) in [6, 6.07) is 0. The zero-order valence-electron chi connectivity index (χ0n) is 55.8. The molecule has 0 aliphatic rings. The topological polar surface area (TPSA) is 78.9 Å². The third kappa shape index (κ3) is 68.7. The molecule has 0 aromatic rings. The van der Waals surface area contributed by atoms with Gasteiger partial charge in [0.05, 0.1) is 0 Å². The molecular formula is C76H144O6. The van der Waals surface area contributed by atoms with Crippen LogP contribution in [0.3, 0.4) is 0 Å². The summed E-state index contributed by atoms with van der Waals surface area (Å²) in [7, 11) is 0. The zero-order chi connectivity index (χ0) is 59.2. The molecule has 0 fully saturated rings. The van der Waals surface area contributed by atoms with Crippen molar-refractivity contribution >= 4 is 17.9 Å². The first-order valence-corrected chi connectivity index (χ1v) is 37.3. The van der Waals surface area contributed by atoms with Crippen molar-refractivity contribution in [3.63, 3.8) is 0 Å². The second-order valence-corrected chi connectivity index (χ2v) is 25.6. The van der Waals surface area contributed by atoms with E-state index >= 15 is 0 Å². The molecule has 6 nitrogen and oxygen atoms in total. The Labute approximate surface area is 513 Å². The first-order chi connectivity index (χ1) is 40.5. The fourth-order valence-corrected chi connectivity index (χ4v) is 11.6. The van der Waals surface area contributed by atoms with Gasteiger partial charge < -0.3 is 14.2 Å². The number of rotatable bonds is 70. The average molecular weight is 1150 g/mol. The molecule has 0 amide bonds. The minimum absolute atomic E-state index is 0.0632. The van der Waals surface area contributed by atoms with Gasteiger partial charge in [-0.2, -0.15) is 0 Å². The van der Waals surface area contributed by atoms with Gasteiger partial charge in [0, 0.05) is 19.3 Å². The molecule has 0 saturated heterocycles. The largest absolute Gasteiger partial charge is 0.462 e. The molecule has 0 aromatic heterocycles. The fourth-order valence-electron chi connectivity index (χ4n) is 11.6. The van der Waals surface area contributed by atoms with Crippen molar-refractivity contribution in [1.29, 1.82) is 0 Å². The quantitative estimate of drug-likeness (QED) is 0.0261. The fraction of sp³-hybridized carbons (Fsp3) is 0.908. The van der Waals surface area contributed by atoms with Crippen molar-refractivity contribution in [3.8, 4) is 0 Å². The minimum Gasteiger partial charge on any atom is -0.462 e. The highest BCUT2D eigenvalue weighted by atomic mass is 16.6. The lowest BCUT2D eigenvalue weighted by molar-refractivity contribution is -0.167. The number of carbonyl (C=O) groups excluding carboxylic acids is 3. The van der Waals surface area contributed by atoms with Gasteiger partial charge in [-0.3, -0.25) is 14.4 Å². The van der Waals surface area contributed by atoms with E-state index in [9.17, 15) is 14.4 Å². The van der Waals surface area contributed by atoms with E-state index in [1.54, 1.807) is 0 Å². The maximum atomic E-state index is 13.0. The Morgan fingerprint density at radius 2 is 0.439 bits per heavy atom. The highest BCUT2D eigenvalue weighted by Crippen LogP contribution is 2.19. The van der Waals surface area contributed by atoms with Crippen molar-refractivity contribution in [2.24, 2.45) is 0 Å². The molecule has 0 radical (unpaired) electrons. The van der Waals surface area contributed by atoms with Crippen LogP contribution in [0.1, 0.15) is 425 Å². The Bertz CT molecular complexity index is 1320.